The average molecular weight is 607 g/mol. The molecule has 41 heavy (non-hydrogen) atoms. The summed E-state index contributed by atoms with van der Waals surface area (Å²) in [4.78, 5) is 17.8. The van der Waals surface area contributed by atoms with Gasteiger partial charge < -0.3 is 9.88 Å². The van der Waals surface area contributed by atoms with Gasteiger partial charge in [0.05, 0.1) is 24.1 Å². The number of rotatable bonds is 8. The lowest BCUT2D eigenvalue weighted by atomic mass is 10.0. The molecule has 2 heterocycles. The van der Waals surface area contributed by atoms with Gasteiger partial charge in [0.1, 0.15) is 23.9 Å². The summed E-state index contributed by atoms with van der Waals surface area (Å²) in [5.74, 6) is 0.137. The average Bonchev–Trinajstić information content (AvgIpc) is 3.60. The van der Waals surface area contributed by atoms with Crippen LogP contribution in [0.1, 0.15) is 5.69 Å². The van der Waals surface area contributed by atoms with Gasteiger partial charge in [-0.05, 0) is 36.4 Å². The maximum Gasteiger partial charge on any atom is 0.246 e. The fourth-order valence-electron chi connectivity index (χ4n) is 4.64. The van der Waals surface area contributed by atoms with Gasteiger partial charge in [-0.1, -0.05) is 93.9 Å². The molecule has 1 amide bonds. The van der Waals surface area contributed by atoms with Crippen LogP contribution >= 0.6 is 15.9 Å². The second-order valence-electron chi connectivity index (χ2n) is 9.42. The third kappa shape index (κ3) is 6.00. The zero-order valence-corrected chi connectivity index (χ0v) is 23.4. The van der Waals surface area contributed by atoms with Crippen LogP contribution in [-0.2, 0) is 17.9 Å². The van der Waals surface area contributed by atoms with Crippen LogP contribution in [0.2, 0.25) is 0 Å². The van der Waals surface area contributed by atoms with E-state index in [-0.39, 0.29) is 18.3 Å². The Labute approximate surface area is 244 Å². The Morgan fingerprint density at radius 3 is 2.15 bits per heavy atom. The van der Waals surface area contributed by atoms with Crippen molar-refractivity contribution >= 4 is 27.5 Å². The van der Waals surface area contributed by atoms with Gasteiger partial charge in [0.2, 0.25) is 5.91 Å². The molecule has 202 valence electrons. The first kappa shape index (κ1) is 26.3. The van der Waals surface area contributed by atoms with E-state index >= 15 is 0 Å². The number of aromatic nitrogens is 5. The molecule has 1 N–H and O–H groups in total. The van der Waals surface area contributed by atoms with Gasteiger partial charge in [-0.3, -0.25) is 4.79 Å². The Kier molecular flexibility index (Phi) is 7.51. The molecule has 6 rings (SSSR count). The summed E-state index contributed by atoms with van der Waals surface area (Å²) < 4.78 is 17.8. The molecular weight excluding hydrogens is 583 g/mol. The summed E-state index contributed by atoms with van der Waals surface area (Å²) in [7, 11) is 0. The minimum Gasteiger partial charge on any atom is -0.324 e. The molecular formula is C32H24BrFN6O. The van der Waals surface area contributed by atoms with Crippen LogP contribution in [0.3, 0.4) is 0 Å². The van der Waals surface area contributed by atoms with Gasteiger partial charge in [-0.25, -0.2) is 14.1 Å². The number of carbonyl (C=O) groups is 1. The number of halogens is 2. The molecule has 2 aromatic heterocycles. The van der Waals surface area contributed by atoms with Crippen LogP contribution in [0.15, 0.2) is 120 Å². The normalized spacial score (nSPS) is 11.0. The third-order valence-corrected chi connectivity index (χ3v) is 7.03. The van der Waals surface area contributed by atoms with E-state index in [1.807, 2.05) is 60.7 Å². The minimum absolute atomic E-state index is 0.0331. The fourth-order valence-corrected chi connectivity index (χ4v) is 4.91. The predicted molar refractivity (Wildman–Crippen MR) is 160 cm³/mol. The Bertz CT molecular complexity index is 1780. The van der Waals surface area contributed by atoms with Crippen molar-refractivity contribution in [3.05, 3.63) is 131 Å². The van der Waals surface area contributed by atoms with Crippen molar-refractivity contribution in [2.24, 2.45) is 0 Å². The van der Waals surface area contributed by atoms with Crippen LogP contribution in [0.4, 0.5) is 10.1 Å². The van der Waals surface area contributed by atoms with Gasteiger partial charge in [-0.15, -0.1) is 5.10 Å². The van der Waals surface area contributed by atoms with Crippen molar-refractivity contribution in [1.82, 2.24) is 24.5 Å². The molecule has 0 aliphatic heterocycles. The smallest absolute Gasteiger partial charge is 0.246 e. The number of hydrogen-bond acceptors (Lipinski definition) is 4. The van der Waals surface area contributed by atoms with E-state index in [1.165, 1.54) is 28.9 Å². The van der Waals surface area contributed by atoms with E-state index in [0.29, 0.717) is 17.9 Å². The summed E-state index contributed by atoms with van der Waals surface area (Å²) in [6.07, 6.45) is 1.76. The third-order valence-electron chi connectivity index (χ3n) is 6.50. The van der Waals surface area contributed by atoms with Crippen molar-refractivity contribution in [2.45, 2.75) is 13.1 Å². The number of imidazole rings is 1. The lowest BCUT2D eigenvalue weighted by Gasteiger charge is -2.12. The number of nitrogens with zero attached hydrogens (tertiary/aromatic N) is 5. The van der Waals surface area contributed by atoms with Gasteiger partial charge in [0.15, 0.2) is 0 Å². The molecule has 6 aromatic rings. The molecule has 4 aromatic carbocycles. The quantitative estimate of drug-likeness (QED) is 0.201. The molecule has 0 saturated heterocycles. The summed E-state index contributed by atoms with van der Waals surface area (Å²) >= 11 is 3.53. The van der Waals surface area contributed by atoms with Crippen LogP contribution < -0.4 is 5.32 Å². The van der Waals surface area contributed by atoms with Crippen molar-refractivity contribution in [1.29, 1.82) is 0 Å². The van der Waals surface area contributed by atoms with E-state index in [4.69, 9.17) is 4.98 Å². The highest BCUT2D eigenvalue weighted by Gasteiger charge is 2.22. The zero-order valence-electron chi connectivity index (χ0n) is 21.8. The topological polar surface area (TPSA) is 77.6 Å². The van der Waals surface area contributed by atoms with E-state index in [1.54, 1.807) is 6.20 Å². The first-order valence-corrected chi connectivity index (χ1v) is 13.7. The molecule has 0 bridgehead atoms. The highest BCUT2D eigenvalue weighted by atomic mass is 79.9. The second kappa shape index (κ2) is 11.7. The standard InChI is InChI=1S/C32H24BrFN6O/c33-25-13-11-24(12-14-25)32-36-30(22-7-3-1-4-8-22)31(23-9-5-2-6-10-23)40(32)20-28-19-39(38-37-28)21-29(41)35-27-17-15-26(34)16-18-27/h1-19H,20-21H2,(H,35,41). The SMILES string of the molecule is O=C(Cn1cc(Cn2c(-c3ccc(Br)cc3)nc(-c3ccccc3)c2-c2ccccc2)nn1)Nc1ccc(F)cc1. The minimum atomic E-state index is -0.365. The van der Waals surface area contributed by atoms with Crippen molar-refractivity contribution in [3.63, 3.8) is 0 Å². The lowest BCUT2D eigenvalue weighted by Crippen LogP contribution is -2.19. The molecule has 0 fully saturated rings. The van der Waals surface area contributed by atoms with Crippen molar-refractivity contribution in [2.75, 3.05) is 5.32 Å². The summed E-state index contributed by atoms with van der Waals surface area (Å²) in [6, 6.07) is 33.9. The van der Waals surface area contributed by atoms with Gasteiger partial charge in [0, 0.05) is 26.9 Å². The molecule has 0 spiro atoms. The molecule has 0 unspecified atom stereocenters. The lowest BCUT2D eigenvalue weighted by molar-refractivity contribution is -0.116. The van der Waals surface area contributed by atoms with Crippen LogP contribution in [-0.4, -0.2) is 30.5 Å². The van der Waals surface area contributed by atoms with E-state index in [2.05, 4.69) is 60.4 Å². The maximum absolute atomic E-state index is 13.2. The van der Waals surface area contributed by atoms with Crippen LogP contribution in [0.5, 0.6) is 0 Å². The van der Waals surface area contributed by atoms with Gasteiger partial charge in [-0.2, -0.15) is 0 Å². The number of carbonyl (C=O) groups excluding carboxylic acids is 1. The fraction of sp³-hybridized carbons (Fsp3) is 0.0625. The molecule has 0 aliphatic rings. The number of benzene rings is 4. The van der Waals surface area contributed by atoms with Crippen molar-refractivity contribution < 1.29 is 9.18 Å². The van der Waals surface area contributed by atoms with Crippen molar-refractivity contribution in [3.8, 4) is 33.9 Å². The highest BCUT2D eigenvalue weighted by Crippen LogP contribution is 2.37. The van der Waals surface area contributed by atoms with E-state index in [9.17, 15) is 9.18 Å². The van der Waals surface area contributed by atoms with Gasteiger partial charge >= 0.3 is 0 Å². The van der Waals surface area contributed by atoms with E-state index < -0.39 is 0 Å². The van der Waals surface area contributed by atoms with E-state index in [0.717, 1.165) is 38.4 Å². The number of hydrogen-bond donors (Lipinski definition) is 1. The first-order valence-electron chi connectivity index (χ1n) is 13.0. The maximum atomic E-state index is 13.2. The number of nitrogens with one attached hydrogen (secondary N) is 1. The molecule has 7 nitrogen and oxygen atoms in total. The molecule has 0 atom stereocenters. The molecule has 0 saturated carbocycles. The molecule has 0 aliphatic carbocycles. The molecule has 9 heteroatoms. The Morgan fingerprint density at radius 1 is 0.805 bits per heavy atom. The zero-order chi connectivity index (χ0) is 28.2. The number of amides is 1. The second-order valence-corrected chi connectivity index (χ2v) is 10.3. The van der Waals surface area contributed by atoms with Crippen LogP contribution in [0.25, 0.3) is 33.9 Å². The first-order chi connectivity index (χ1) is 20.0. The predicted octanol–water partition coefficient (Wildman–Crippen LogP) is 7.06. The Balaban J connectivity index is 1.37. The highest BCUT2D eigenvalue weighted by molar-refractivity contribution is 9.10. The number of anilines is 1. The summed E-state index contributed by atoms with van der Waals surface area (Å²) in [5, 5.41) is 11.3. The van der Waals surface area contributed by atoms with Crippen LogP contribution in [0, 0.1) is 5.82 Å². The monoisotopic (exact) mass is 606 g/mol. The van der Waals surface area contributed by atoms with Gasteiger partial charge in [0.25, 0.3) is 0 Å². The summed E-state index contributed by atoms with van der Waals surface area (Å²) in [5.41, 5.74) is 5.98. The Morgan fingerprint density at radius 2 is 1.46 bits per heavy atom. The summed E-state index contributed by atoms with van der Waals surface area (Å²) in [6.45, 7) is 0.351. The Hall–Kier alpha value is -4.89. The molecule has 0 radical (unpaired) electrons. The largest absolute Gasteiger partial charge is 0.324 e.